The van der Waals surface area contributed by atoms with Crippen molar-refractivity contribution in [2.24, 2.45) is 0 Å². The number of aromatic nitrogens is 4. The van der Waals surface area contributed by atoms with E-state index in [1.165, 1.54) is 0 Å². The molecule has 18 heavy (non-hydrogen) atoms. The fraction of sp³-hybridized carbons (Fsp3) is 0.154. The predicted molar refractivity (Wildman–Crippen MR) is 73.8 cm³/mol. The second-order valence-electron chi connectivity index (χ2n) is 4.11. The van der Waals surface area contributed by atoms with Crippen molar-refractivity contribution in [1.82, 2.24) is 19.7 Å². The molecule has 2 aromatic heterocycles. The minimum absolute atomic E-state index is 0.736. The number of hydrogen-bond acceptors (Lipinski definition) is 3. The number of aryl methyl sites for hydroxylation is 1. The Labute approximate surface area is 113 Å². The van der Waals surface area contributed by atoms with Crippen LogP contribution in [-0.4, -0.2) is 19.7 Å². The zero-order chi connectivity index (χ0) is 12.7. The number of fused-ring (bicyclic) bond motifs is 1. The number of para-hydroxylation sites is 2. The Balaban J connectivity index is 2.22. The van der Waals surface area contributed by atoms with Crippen molar-refractivity contribution >= 4 is 27.0 Å². The standard InChI is InChI=1S/C13H11BrN4/c1-8-13(14)9(2)18(17-8)12-7-15-10-5-3-4-6-11(10)16-12/h3-7H,1-2H3. The van der Waals surface area contributed by atoms with Gasteiger partial charge in [-0.05, 0) is 41.9 Å². The lowest BCUT2D eigenvalue weighted by atomic mass is 10.3. The number of benzene rings is 1. The van der Waals surface area contributed by atoms with Crippen molar-refractivity contribution in [1.29, 1.82) is 0 Å². The first-order valence-corrected chi connectivity index (χ1v) is 6.40. The normalized spacial score (nSPS) is 11.1. The summed E-state index contributed by atoms with van der Waals surface area (Å²) in [6.45, 7) is 3.96. The van der Waals surface area contributed by atoms with E-state index in [4.69, 9.17) is 0 Å². The molecular formula is C13H11BrN4. The van der Waals surface area contributed by atoms with Gasteiger partial charge in [0.1, 0.15) is 0 Å². The van der Waals surface area contributed by atoms with Crippen LogP contribution in [0.3, 0.4) is 0 Å². The molecule has 1 aromatic carbocycles. The van der Waals surface area contributed by atoms with Crippen LogP contribution in [0.15, 0.2) is 34.9 Å². The van der Waals surface area contributed by atoms with Crippen molar-refractivity contribution in [3.63, 3.8) is 0 Å². The Bertz CT molecular complexity index is 733. The van der Waals surface area contributed by atoms with Crippen molar-refractivity contribution < 1.29 is 0 Å². The first kappa shape index (κ1) is 11.3. The molecule has 2 heterocycles. The molecule has 0 amide bonds. The van der Waals surface area contributed by atoms with Crippen LogP contribution >= 0.6 is 15.9 Å². The Morgan fingerprint density at radius 3 is 2.50 bits per heavy atom. The smallest absolute Gasteiger partial charge is 0.172 e. The largest absolute Gasteiger partial charge is 0.251 e. The highest BCUT2D eigenvalue weighted by Crippen LogP contribution is 2.22. The third-order valence-corrected chi connectivity index (χ3v) is 4.00. The van der Waals surface area contributed by atoms with E-state index in [0.29, 0.717) is 0 Å². The first-order chi connectivity index (χ1) is 8.66. The zero-order valence-electron chi connectivity index (χ0n) is 10.1. The summed E-state index contributed by atoms with van der Waals surface area (Å²) in [7, 11) is 0. The van der Waals surface area contributed by atoms with Gasteiger partial charge in [0, 0.05) is 0 Å². The molecule has 0 bridgehead atoms. The maximum absolute atomic E-state index is 4.58. The van der Waals surface area contributed by atoms with Gasteiger partial charge in [-0.3, -0.25) is 4.98 Å². The number of hydrogen-bond donors (Lipinski definition) is 0. The van der Waals surface area contributed by atoms with E-state index in [-0.39, 0.29) is 0 Å². The number of halogens is 1. The lowest BCUT2D eigenvalue weighted by Gasteiger charge is -2.04. The van der Waals surface area contributed by atoms with Crippen LogP contribution in [0.4, 0.5) is 0 Å². The van der Waals surface area contributed by atoms with Gasteiger partial charge >= 0.3 is 0 Å². The molecule has 0 saturated carbocycles. The molecule has 3 rings (SSSR count). The molecule has 3 aromatic rings. The molecule has 0 aliphatic carbocycles. The summed E-state index contributed by atoms with van der Waals surface area (Å²) in [5.74, 6) is 0.736. The molecule has 0 N–H and O–H groups in total. The summed E-state index contributed by atoms with van der Waals surface area (Å²) < 4.78 is 2.82. The highest BCUT2D eigenvalue weighted by atomic mass is 79.9. The summed E-state index contributed by atoms with van der Waals surface area (Å²) in [4.78, 5) is 8.98. The summed E-state index contributed by atoms with van der Waals surface area (Å²) in [5, 5.41) is 4.45. The average Bonchev–Trinajstić information content (AvgIpc) is 2.66. The summed E-state index contributed by atoms with van der Waals surface area (Å²) in [6, 6.07) is 7.81. The van der Waals surface area contributed by atoms with Gasteiger partial charge in [-0.1, -0.05) is 12.1 Å². The second kappa shape index (κ2) is 4.17. The molecule has 0 aliphatic rings. The second-order valence-corrected chi connectivity index (χ2v) is 4.91. The average molecular weight is 303 g/mol. The Morgan fingerprint density at radius 1 is 1.11 bits per heavy atom. The number of nitrogens with zero attached hydrogens (tertiary/aromatic N) is 4. The van der Waals surface area contributed by atoms with E-state index in [9.17, 15) is 0 Å². The fourth-order valence-corrected chi connectivity index (χ4v) is 2.14. The minimum atomic E-state index is 0.736. The van der Waals surface area contributed by atoms with Crippen LogP contribution in [0.25, 0.3) is 16.9 Å². The molecule has 0 spiro atoms. The molecular weight excluding hydrogens is 292 g/mol. The molecule has 0 saturated heterocycles. The molecule has 0 radical (unpaired) electrons. The Kier molecular flexibility index (Phi) is 2.63. The van der Waals surface area contributed by atoms with E-state index in [0.717, 1.165) is 32.7 Å². The van der Waals surface area contributed by atoms with Gasteiger partial charge in [0.15, 0.2) is 5.82 Å². The molecule has 0 unspecified atom stereocenters. The highest BCUT2D eigenvalue weighted by molar-refractivity contribution is 9.10. The predicted octanol–water partition coefficient (Wildman–Crippen LogP) is 3.19. The minimum Gasteiger partial charge on any atom is -0.251 e. The van der Waals surface area contributed by atoms with Gasteiger partial charge < -0.3 is 0 Å². The molecule has 90 valence electrons. The molecule has 0 fully saturated rings. The lowest BCUT2D eigenvalue weighted by Crippen LogP contribution is -2.03. The van der Waals surface area contributed by atoms with E-state index in [1.807, 2.05) is 38.1 Å². The van der Waals surface area contributed by atoms with Crippen molar-refractivity contribution in [3.05, 3.63) is 46.3 Å². The fourth-order valence-electron chi connectivity index (χ4n) is 1.90. The van der Waals surface area contributed by atoms with E-state index < -0.39 is 0 Å². The Hall–Kier alpha value is -1.75. The van der Waals surface area contributed by atoms with Gasteiger partial charge in [-0.15, -0.1) is 0 Å². The Morgan fingerprint density at radius 2 is 1.83 bits per heavy atom. The number of rotatable bonds is 1. The van der Waals surface area contributed by atoms with Crippen LogP contribution in [0, 0.1) is 13.8 Å². The third kappa shape index (κ3) is 1.71. The van der Waals surface area contributed by atoms with Crippen molar-refractivity contribution in [2.75, 3.05) is 0 Å². The van der Waals surface area contributed by atoms with Gasteiger partial charge in [0.05, 0.1) is 33.1 Å². The van der Waals surface area contributed by atoms with Crippen LogP contribution in [0.2, 0.25) is 0 Å². The summed E-state index contributed by atoms with van der Waals surface area (Å²) in [6.07, 6.45) is 1.74. The zero-order valence-corrected chi connectivity index (χ0v) is 11.6. The van der Waals surface area contributed by atoms with E-state index >= 15 is 0 Å². The lowest BCUT2D eigenvalue weighted by molar-refractivity contribution is 0.805. The van der Waals surface area contributed by atoms with Crippen molar-refractivity contribution in [3.8, 4) is 5.82 Å². The van der Waals surface area contributed by atoms with Gasteiger partial charge in [0.25, 0.3) is 0 Å². The highest BCUT2D eigenvalue weighted by Gasteiger charge is 2.11. The topological polar surface area (TPSA) is 43.6 Å². The maximum Gasteiger partial charge on any atom is 0.172 e. The maximum atomic E-state index is 4.58. The quantitative estimate of drug-likeness (QED) is 0.693. The molecule has 5 heteroatoms. The van der Waals surface area contributed by atoms with Crippen LogP contribution in [0.1, 0.15) is 11.4 Å². The molecule has 4 nitrogen and oxygen atoms in total. The van der Waals surface area contributed by atoms with E-state index in [2.05, 4.69) is 31.0 Å². The summed E-state index contributed by atoms with van der Waals surface area (Å²) in [5.41, 5.74) is 3.74. The monoisotopic (exact) mass is 302 g/mol. The van der Waals surface area contributed by atoms with E-state index in [1.54, 1.807) is 10.9 Å². The van der Waals surface area contributed by atoms with Crippen LogP contribution in [0.5, 0.6) is 0 Å². The molecule has 0 atom stereocenters. The molecule has 0 aliphatic heterocycles. The SMILES string of the molecule is Cc1nn(-c2cnc3ccccc3n2)c(C)c1Br. The van der Waals surface area contributed by atoms with Crippen molar-refractivity contribution in [2.45, 2.75) is 13.8 Å². The van der Waals surface area contributed by atoms with Crippen LogP contribution < -0.4 is 0 Å². The van der Waals surface area contributed by atoms with Gasteiger partial charge in [0.2, 0.25) is 0 Å². The van der Waals surface area contributed by atoms with Gasteiger partial charge in [-0.25, -0.2) is 9.67 Å². The summed E-state index contributed by atoms with van der Waals surface area (Å²) >= 11 is 3.52. The first-order valence-electron chi connectivity index (χ1n) is 5.60. The van der Waals surface area contributed by atoms with Crippen LogP contribution in [-0.2, 0) is 0 Å². The van der Waals surface area contributed by atoms with Gasteiger partial charge in [-0.2, -0.15) is 5.10 Å². The third-order valence-electron chi connectivity index (χ3n) is 2.86.